The number of ether oxygens (including phenoxy) is 1. The predicted octanol–water partition coefficient (Wildman–Crippen LogP) is 1.10. The van der Waals surface area contributed by atoms with Crippen LogP contribution in [0.1, 0.15) is 11.4 Å². The van der Waals surface area contributed by atoms with Gasteiger partial charge in [-0.2, -0.15) is 0 Å². The first-order chi connectivity index (χ1) is 10.8. The average Bonchev–Trinajstić information content (AvgIpc) is 3.13. The zero-order chi connectivity index (χ0) is 15.4. The van der Waals surface area contributed by atoms with E-state index in [-0.39, 0.29) is 30.1 Å². The number of hydrogen-bond acceptors (Lipinski definition) is 4. The Hall–Kier alpha value is -1.84. The largest absolute Gasteiger partial charge is 0.488 e. The quantitative estimate of drug-likeness (QED) is 0.434. The fraction of sp³-hybridized carbons (Fsp3) is 0.400. The molecule has 0 fully saturated rings. The first-order valence-electron chi connectivity index (χ1n) is 7.28. The van der Waals surface area contributed by atoms with Gasteiger partial charge in [-0.3, -0.25) is 4.99 Å². The third-order valence-corrected chi connectivity index (χ3v) is 3.65. The Labute approximate surface area is 152 Å². The number of aryl methyl sites for hydroxylation is 1. The highest BCUT2D eigenvalue weighted by atomic mass is 127. The summed E-state index contributed by atoms with van der Waals surface area (Å²) < 4.78 is 7.77. The standard InChI is InChI=1S/C15H20N6O.HI/c1-16-15(18-9-14-20-19-10-21(14)2)17-8-12-7-11-5-3-4-6-13(11)22-12;/h3-6,10,12H,7-9H2,1-2H3,(H2,16,17,18);1H. The Morgan fingerprint density at radius 2 is 2.22 bits per heavy atom. The Morgan fingerprint density at radius 3 is 2.91 bits per heavy atom. The van der Waals surface area contributed by atoms with E-state index in [0.29, 0.717) is 13.1 Å². The highest BCUT2D eigenvalue weighted by Gasteiger charge is 2.22. The van der Waals surface area contributed by atoms with Crippen LogP contribution in [0.25, 0.3) is 0 Å². The first-order valence-corrected chi connectivity index (χ1v) is 7.28. The monoisotopic (exact) mass is 428 g/mol. The van der Waals surface area contributed by atoms with Crippen LogP contribution in [0.3, 0.4) is 0 Å². The minimum atomic E-state index is 0. The van der Waals surface area contributed by atoms with Gasteiger partial charge >= 0.3 is 0 Å². The minimum Gasteiger partial charge on any atom is -0.488 e. The van der Waals surface area contributed by atoms with Gasteiger partial charge in [-0.1, -0.05) is 18.2 Å². The van der Waals surface area contributed by atoms with Gasteiger partial charge in [-0.05, 0) is 11.6 Å². The summed E-state index contributed by atoms with van der Waals surface area (Å²) in [6.07, 6.45) is 2.73. The Morgan fingerprint density at radius 1 is 1.39 bits per heavy atom. The average molecular weight is 428 g/mol. The van der Waals surface area contributed by atoms with Crippen molar-refractivity contribution < 1.29 is 4.74 Å². The van der Waals surface area contributed by atoms with Crippen LogP contribution in [0.2, 0.25) is 0 Å². The molecule has 0 bridgehead atoms. The van der Waals surface area contributed by atoms with E-state index in [1.54, 1.807) is 13.4 Å². The van der Waals surface area contributed by atoms with Crippen molar-refractivity contribution in [1.82, 2.24) is 25.4 Å². The summed E-state index contributed by atoms with van der Waals surface area (Å²) in [7, 11) is 3.66. The topological polar surface area (TPSA) is 76.4 Å². The van der Waals surface area contributed by atoms with E-state index < -0.39 is 0 Å². The van der Waals surface area contributed by atoms with Gasteiger partial charge in [0.2, 0.25) is 0 Å². The van der Waals surface area contributed by atoms with Crippen LogP contribution in [0, 0.1) is 0 Å². The maximum absolute atomic E-state index is 5.90. The van der Waals surface area contributed by atoms with E-state index >= 15 is 0 Å². The van der Waals surface area contributed by atoms with Crippen LogP contribution in [0.4, 0.5) is 0 Å². The van der Waals surface area contributed by atoms with Gasteiger partial charge in [0, 0.05) is 20.5 Å². The van der Waals surface area contributed by atoms with Crippen molar-refractivity contribution in [2.24, 2.45) is 12.0 Å². The van der Waals surface area contributed by atoms with Crippen molar-refractivity contribution in [1.29, 1.82) is 0 Å². The zero-order valence-electron chi connectivity index (χ0n) is 13.2. The number of halogens is 1. The maximum Gasteiger partial charge on any atom is 0.191 e. The van der Waals surface area contributed by atoms with E-state index in [1.807, 2.05) is 29.8 Å². The highest BCUT2D eigenvalue weighted by Crippen LogP contribution is 2.27. The van der Waals surface area contributed by atoms with Gasteiger partial charge in [0.1, 0.15) is 18.2 Å². The number of hydrogen-bond donors (Lipinski definition) is 2. The SMILES string of the molecule is CN=C(NCc1nncn1C)NCC1Cc2ccccc2O1.I. The molecule has 1 aliphatic heterocycles. The number of rotatable bonds is 4. The molecule has 2 aromatic rings. The van der Waals surface area contributed by atoms with Crippen molar-refractivity contribution >= 4 is 29.9 Å². The second-order valence-electron chi connectivity index (χ2n) is 5.22. The molecule has 2 N–H and O–H groups in total. The van der Waals surface area contributed by atoms with Crippen molar-refractivity contribution in [2.45, 2.75) is 19.1 Å². The zero-order valence-corrected chi connectivity index (χ0v) is 15.5. The molecular formula is C15H21IN6O. The second-order valence-corrected chi connectivity index (χ2v) is 5.22. The van der Waals surface area contributed by atoms with Gasteiger partial charge in [0.05, 0.1) is 13.1 Å². The van der Waals surface area contributed by atoms with Crippen LogP contribution < -0.4 is 15.4 Å². The lowest BCUT2D eigenvalue weighted by atomic mass is 10.1. The molecule has 1 aliphatic rings. The summed E-state index contributed by atoms with van der Waals surface area (Å²) in [4.78, 5) is 4.21. The fourth-order valence-corrected chi connectivity index (χ4v) is 2.43. The van der Waals surface area contributed by atoms with Crippen molar-refractivity contribution in [3.8, 4) is 5.75 Å². The third-order valence-electron chi connectivity index (χ3n) is 3.65. The molecule has 3 rings (SSSR count). The smallest absolute Gasteiger partial charge is 0.191 e. The summed E-state index contributed by atoms with van der Waals surface area (Å²) in [6, 6.07) is 8.16. The van der Waals surface area contributed by atoms with Gasteiger partial charge < -0.3 is 19.9 Å². The van der Waals surface area contributed by atoms with Gasteiger partial charge in [-0.25, -0.2) is 0 Å². The van der Waals surface area contributed by atoms with E-state index in [1.165, 1.54) is 5.56 Å². The van der Waals surface area contributed by atoms with Crippen molar-refractivity contribution in [2.75, 3.05) is 13.6 Å². The van der Waals surface area contributed by atoms with Gasteiger partial charge in [0.15, 0.2) is 11.8 Å². The molecule has 0 saturated heterocycles. The highest BCUT2D eigenvalue weighted by molar-refractivity contribution is 14.0. The van der Waals surface area contributed by atoms with E-state index in [0.717, 1.165) is 24.0 Å². The van der Waals surface area contributed by atoms with Crippen LogP contribution in [-0.4, -0.2) is 40.4 Å². The number of nitrogens with zero attached hydrogens (tertiary/aromatic N) is 4. The van der Waals surface area contributed by atoms with Gasteiger partial charge in [-0.15, -0.1) is 34.2 Å². The van der Waals surface area contributed by atoms with Crippen molar-refractivity contribution in [3.63, 3.8) is 0 Å². The second kappa shape index (κ2) is 8.14. The normalized spacial score (nSPS) is 16.3. The molecule has 0 saturated carbocycles. The summed E-state index contributed by atoms with van der Waals surface area (Å²) in [6.45, 7) is 1.27. The van der Waals surface area contributed by atoms with Crippen LogP contribution in [0.15, 0.2) is 35.6 Å². The Kier molecular flexibility index (Phi) is 6.20. The molecule has 1 unspecified atom stereocenters. The van der Waals surface area contributed by atoms with Crippen LogP contribution in [0.5, 0.6) is 5.75 Å². The van der Waals surface area contributed by atoms with E-state index in [9.17, 15) is 0 Å². The van der Waals surface area contributed by atoms with Crippen molar-refractivity contribution in [3.05, 3.63) is 42.0 Å². The number of guanidine groups is 1. The molecular weight excluding hydrogens is 407 g/mol. The Bertz CT molecular complexity index is 646. The molecule has 1 aromatic heterocycles. The number of aromatic nitrogens is 3. The molecule has 124 valence electrons. The maximum atomic E-state index is 5.90. The minimum absolute atomic E-state index is 0. The third kappa shape index (κ3) is 4.34. The van der Waals surface area contributed by atoms with E-state index in [4.69, 9.17) is 4.74 Å². The molecule has 0 aliphatic carbocycles. The molecule has 0 radical (unpaired) electrons. The summed E-state index contributed by atoms with van der Waals surface area (Å²) in [5, 5.41) is 14.4. The number of aliphatic imine (C=N–C) groups is 1. The van der Waals surface area contributed by atoms with Crippen LogP contribution >= 0.6 is 24.0 Å². The van der Waals surface area contributed by atoms with Gasteiger partial charge in [0.25, 0.3) is 0 Å². The number of benzene rings is 1. The fourth-order valence-electron chi connectivity index (χ4n) is 2.43. The number of fused-ring (bicyclic) bond motifs is 1. The van der Waals surface area contributed by atoms with Crippen LogP contribution in [-0.2, 0) is 20.0 Å². The Balaban J connectivity index is 0.00000192. The molecule has 8 heteroatoms. The molecule has 1 atom stereocenters. The summed E-state index contributed by atoms with van der Waals surface area (Å²) >= 11 is 0. The predicted molar refractivity (Wildman–Crippen MR) is 99.2 cm³/mol. The molecule has 2 heterocycles. The summed E-state index contributed by atoms with van der Waals surface area (Å²) in [5.74, 6) is 2.56. The first kappa shape index (κ1) is 17.5. The summed E-state index contributed by atoms with van der Waals surface area (Å²) in [5.41, 5.74) is 1.26. The lowest BCUT2D eigenvalue weighted by Gasteiger charge is -2.15. The number of para-hydroxylation sites is 1. The molecule has 23 heavy (non-hydrogen) atoms. The molecule has 0 amide bonds. The molecule has 7 nitrogen and oxygen atoms in total. The number of nitrogens with one attached hydrogen (secondary N) is 2. The lowest BCUT2D eigenvalue weighted by molar-refractivity contribution is 0.235. The molecule has 1 aromatic carbocycles. The lowest BCUT2D eigenvalue weighted by Crippen LogP contribution is -2.42. The van der Waals surface area contributed by atoms with E-state index in [2.05, 4.69) is 31.9 Å². The molecule has 0 spiro atoms.